The summed E-state index contributed by atoms with van der Waals surface area (Å²) in [5, 5.41) is 3.42. The average Bonchev–Trinajstić information content (AvgIpc) is 2.82. The van der Waals surface area contributed by atoms with Crippen LogP contribution < -0.4 is 14.8 Å². The molecule has 0 aromatic heterocycles. The van der Waals surface area contributed by atoms with Crippen molar-refractivity contribution in [3.63, 3.8) is 0 Å². The number of hydrogen-bond donors (Lipinski definition) is 1. The monoisotopic (exact) mass is 221 g/mol. The van der Waals surface area contributed by atoms with Crippen LogP contribution in [-0.4, -0.2) is 18.9 Å². The molecule has 2 aliphatic rings. The lowest BCUT2D eigenvalue weighted by atomic mass is 10.1. The van der Waals surface area contributed by atoms with Crippen LogP contribution in [0.25, 0.3) is 0 Å². The standard InChI is InChI=1S/C12H15NO3/c1-12(2)6-14-11(13-12)8-3-4-9-10(5-8)16-7-15-9/h3-5,11,13H,6-7H2,1-2H3/t11-/m0/s1. The van der Waals surface area contributed by atoms with Crippen LogP contribution in [0.3, 0.4) is 0 Å². The Hall–Kier alpha value is -1.26. The minimum atomic E-state index is -0.0514. The van der Waals surface area contributed by atoms with Crippen molar-refractivity contribution >= 4 is 0 Å². The third kappa shape index (κ3) is 1.64. The second-order valence-electron chi connectivity index (χ2n) is 4.83. The largest absolute Gasteiger partial charge is 0.454 e. The molecule has 0 amide bonds. The Morgan fingerprint density at radius 1 is 1.25 bits per heavy atom. The molecule has 1 fully saturated rings. The molecular formula is C12H15NO3. The number of fused-ring (bicyclic) bond motifs is 1. The Morgan fingerprint density at radius 3 is 2.81 bits per heavy atom. The molecule has 16 heavy (non-hydrogen) atoms. The van der Waals surface area contributed by atoms with Gasteiger partial charge in [-0.1, -0.05) is 6.07 Å². The maximum absolute atomic E-state index is 5.71. The molecule has 1 atom stereocenters. The summed E-state index contributed by atoms with van der Waals surface area (Å²) < 4.78 is 16.3. The number of benzene rings is 1. The molecule has 86 valence electrons. The highest BCUT2D eigenvalue weighted by Gasteiger charge is 2.32. The van der Waals surface area contributed by atoms with Crippen LogP contribution in [0.5, 0.6) is 11.5 Å². The fraction of sp³-hybridized carbons (Fsp3) is 0.500. The molecule has 2 heterocycles. The maximum atomic E-state index is 5.71. The Balaban J connectivity index is 1.85. The zero-order chi connectivity index (χ0) is 11.2. The van der Waals surface area contributed by atoms with Crippen molar-refractivity contribution in [1.29, 1.82) is 0 Å². The van der Waals surface area contributed by atoms with Gasteiger partial charge in [0.25, 0.3) is 0 Å². The summed E-state index contributed by atoms with van der Waals surface area (Å²) in [5.74, 6) is 1.61. The first-order valence-corrected chi connectivity index (χ1v) is 5.43. The van der Waals surface area contributed by atoms with Crippen molar-refractivity contribution in [2.45, 2.75) is 25.6 Å². The Bertz CT molecular complexity index is 417. The first-order chi connectivity index (χ1) is 7.64. The Morgan fingerprint density at radius 2 is 2.06 bits per heavy atom. The maximum Gasteiger partial charge on any atom is 0.231 e. The lowest BCUT2D eigenvalue weighted by Gasteiger charge is -2.17. The van der Waals surface area contributed by atoms with Crippen LogP contribution in [0.4, 0.5) is 0 Å². The topological polar surface area (TPSA) is 39.7 Å². The van der Waals surface area contributed by atoms with Gasteiger partial charge in [0.1, 0.15) is 6.23 Å². The van der Waals surface area contributed by atoms with Crippen LogP contribution in [0.2, 0.25) is 0 Å². The van der Waals surface area contributed by atoms with Gasteiger partial charge in [-0.3, -0.25) is 5.32 Å². The van der Waals surface area contributed by atoms with E-state index in [0.29, 0.717) is 13.4 Å². The van der Waals surface area contributed by atoms with E-state index in [1.54, 1.807) is 0 Å². The van der Waals surface area contributed by atoms with E-state index in [1.807, 2.05) is 18.2 Å². The Labute approximate surface area is 94.5 Å². The molecule has 0 saturated carbocycles. The highest BCUT2D eigenvalue weighted by Crippen LogP contribution is 2.36. The van der Waals surface area contributed by atoms with Gasteiger partial charge in [-0.25, -0.2) is 0 Å². The predicted molar refractivity (Wildman–Crippen MR) is 58.5 cm³/mol. The molecule has 0 radical (unpaired) electrons. The van der Waals surface area contributed by atoms with Crippen LogP contribution >= 0.6 is 0 Å². The summed E-state index contributed by atoms with van der Waals surface area (Å²) in [5.41, 5.74) is 1.11. The first-order valence-electron chi connectivity index (χ1n) is 5.43. The van der Waals surface area contributed by atoms with Crippen molar-refractivity contribution in [1.82, 2.24) is 5.32 Å². The minimum absolute atomic E-state index is 0.0288. The van der Waals surface area contributed by atoms with Gasteiger partial charge in [0.15, 0.2) is 11.5 Å². The van der Waals surface area contributed by atoms with Crippen molar-refractivity contribution in [2.24, 2.45) is 0 Å². The van der Waals surface area contributed by atoms with Gasteiger partial charge in [0, 0.05) is 5.54 Å². The molecule has 0 bridgehead atoms. The fourth-order valence-electron chi connectivity index (χ4n) is 1.99. The summed E-state index contributed by atoms with van der Waals surface area (Å²) >= 11 is 0. The molecule has 4 nitrogen and oxygen atoms in total. The summed E-state index contributed by atoms with van der Waals surface area (Å²) in [6.07, 6.45) is -0.0514. The fourth-order valence-corrected chi connectivity index (χ4v) is 1.99. The molecule has 1 N–H and O–H groups in total. The molecule has 1 aromatic rings. The third-order valence-corrected chi connectivity index (χ3v) is 2.83. The van der Waals surface area contributed by atoms with Crippen LogP contribution in [0.15, 0.2) is 18.2 Å². The van der Waals surface area contributed by atoms with Gasteiger partial charge >= 0.3 is 0 Å². The first kappa shape index (κ1) is 9.93. The minimum Gasteiger partial charge on any atom is -0.454 e. The number of nitrogens with one attached hydrogen (secondary N) is 1. The van der Waals surface area contributed by atoms with Crippen LogP contribution in [0.1, 0.15) is 25.6 Å². The van der Waals surface area contributed by atoms with Crippen molar-refractivity contribution < 1.29 is 14.2 Å². The smallest absolute Gasteiger partial charge is 0.231 e. The quantitative estimate of drug-likeness (QED) is 0.785. The van der Waals surface area contributed by atoms with E-state index in [9.17, 15) is 0 Å². The average molecular weight is 221 g/mol. The van der Waals surface area contributed by atoms with Crippen molar-refractivity contribution in [3.05, 3.63) is 23.8 Å². The van der Waals surface area contributed by atoms with E-state index in [1.165, 1.54) is 0 Å². The highest BCUT2D eigenvalue weighted by atomic mass is 16.7. The van der Waals surface area contributed by atoms with E-state index >= 15 is 0 Å². The highest BCUT2D eigenvalue weighted by molar-refractivity contribution is 5.45. The molecule has 1 aromatic carbocycles. The lowest BCUT2D eigenvalue weighted by Crippen LogP contribution is -2.35. The predicted octanol–water partition coefficient (Wildman–Crippen LogP) is 1.81. The van der Waals surface area contributed by atoms with Crippen molar-refractivity contribution in [2.75, 3.05) is 13.4 Å². The van der Waals surface area contributed by atoms with Gasteiger partial charge in [-0.15, -0.1) is 0 Å². The number of rotatable bonds is 1. The number of ether oxygens (including phenoxy) is 3. The SMILES string of the molecule is CC1(C)CO[C@@H](c2ccc3c(c2)OCO3)N1. The number of hydrogen-bond acceptors (Lipinski definition) is 4. The Kier molecular flexibility index (Phi) is 2.09. The molecule has 3 rings (SSSR count). The van der Waals surface area contributed by atoms with E-state index in [4.69, 9.17) is 14.2 Å². The summed E-state index contributed by atoms with van der Waals surface area (Å²) in [6.45, 7) is 5.27. The van der Waals surface area contributed by atoms with E-state index < -0.39 is 0 Å². The molecule has 2 aliphatic heterocycles. The lowest BCUT2D eigenvalue weighted by molar-refractivity contribution is 0.0987. The zero-order valence-corrected chi connectivity index (χ0v) is 9.45. The second-order valence-corrected chi connectivity index (χ2v) is 4.83. The molecule has 4 heteroatoms. The summed E-state index contributed by atoms with van der Waals surface area (Å²) in [6, 6.07) is 5.90. The molecule has 1 saturated heterocycles. The van der Waals surface area contributed by atoms with Crippen LogP contribution in [-0.2, 0) is 4.74 Å². The summed E-state index contributed by atoms with van der Waals surface area (Å²) in [4.78, 5) is 0. The van der Waals surface area contributed by atoms with E-state index in [2.05, 4.69) is 19.2 Å². The van der Waals surface area contributed by atoms with Crippen molar-refractivity contribution in [3.8, 4) is 11.5 Å². The van der Waals surface area contributed by atoms with Gasteiger partial charge in [-0.2, -0.15) is 0 Å². The van der Waals surface area contributed by atoms with E-state index in [0.717, 1.165) is 17.1 Å². The second kappa shape index (κ2) is 3.37. The molecular weight excluding hydrogens is 206 g/mol. The zero-order valence-electron chi connectivity index (χ0n) is 9.45. The van der Waals surface area contributed by atoms with E-state index in [-0.39, 0.29) is 11.8 Å². The summed E-state index contributed by atoms with van der Waals surface area (Å²) in [7, 11) is 0. The van der Waals surface area contributed by atoms with Gasteiger partial charge in [-0.05, 0) is 31.5 Å². The normalized spacial score (nSPS) is 26.0. The third-order valence-electron chi connectivity index (χ3n) is 2.83. The molecule has 0 aliphatic carbocycles. The molecule has 0 spiro atoms. The van der Waals surface area contributed by atoms with Gasteiger partial charge in [0.2, 0.25) is 6.79 Å². The van der Waals surface area contributed by atoms with Gasteiger partial charge < -0.3 is 14.2 Å². The van der Waals surface area contributed by atoms with Gasteiger partial charge in [0.05, 0.1) is 6.61 Å². The molecule has 0 unspecified atom stereocenters. The van der Waals surface area contributed by atoms with Crippen LogP contribution in [0, 0.1) is 0 Å².